The number of carbonyl (C=O) groups excluding carboxylic acids is 1. The predicted molar refractivity (Wildman–Crippen MR) is 108 cm³/mol. The normalized spacial score (nSPS) is 15.0. The minimum atomic E-state index is -0.289. The number of aromatic amines is 1. The number of likely N-dealkylation sites (tertiary alicyclic amines) is 1. The molecule has 9 nitrogen and oxygen atoms in total. The van der Waals surface area contributed by atoms with Gasteiger partial charge in [0.05, 0.1) is 12.8 Å². The molecule has 1 N–H and O–H groups in total. The van der Waals surface area contributed by atoms with E-state index in [9.17, 15) is 9.59 Å². The van der Waals surface area contributed by atoms with Gasteiger partial charge in [0.1, 0.15) is 5.82 Å². The van der Waals surface area contributed by atoms with Gasteiger partial charge in [-0.1, -0.05) is 35.5 Å². The second kappa shape index (κ2) is 7.58. The second-order valence-electron chi connectivity index (χ2n) is 7.40. The lowest BCUT2D eigenvalue weighted by molar-refractivity contribution is 0.0679. The molecule has 0 aliphatic carbocycles. The molecular weight excluding hydrogens is 384 g/mol. The zero-order chi connectivity index (χ0) is 20.5. The number of aromatic nitrogens is 5. The number of amides is 1. The third-order valence-corrected chi connectivity index (χ3v) is 5.47. The van der Waals surface area contributed by atoms with Crippen molar-refractivity contribution in [2.24, 2.45) is 0 Å². The molecule has 0 radical (unpaired) electrons. The van der Waals surface area contributed by atoms with E-state index in [1.807, 2.05) is 30.3 Å². The maximum absolute atomic E-state index is 12.5. The van der Waals surface area contributed by atoms with Gasteiger partial charge >= 0.3 is 0 Å². The van der Waals surface area contributed by atoms with Gasteiger partial charge in [0.15, 0.2) is 16.9 Å². The van der Waals surface area contributed by atoms with Crippen LogP contribution >= 0.6 is 0 Å². The highest BCUT2D eigenvalue weighted by atomic mass is 16.3. The van der Waals surface area contributed by atoms with Gasteiger partial charge in [0, 0.05) is 19.0 Å². The van der Waals surface area contributed by atoms with E-state index in [1.54, 1.807) is 21.7 Å². The van der Waals surface area contributed by atoms with E-state index >= 15 is 0 Å². The number of nitrogens with zero attached hydrogens (tertiary/aromatic N) is 5. The van der Waals surface area contributed by atoms with Crippen LogP contribution < -0.4 is 5.56 Å². The molecule has 0 unspecified atom stereocenters. The lowest BCUT2D eigenvalue weighted by Gasteiger charge is -2.30. The Labute approximate surface area is 171 Å². The summed E-state index contributed by atoms with van der Waals surface area (Å²) in [5, 5.41) is 8.13. The van der Waals surface area contributed by atoms with Gasteiger partial charge in [0.25, 0.3) is 11.5 Å². The van der Waals surface area contributed by atoms with Crippen molar-refractivity contribution in [1.82, 2.24) is 29.9 Å². The smallest absolute Gasteiger partial charge is 0.289 e. The summed E-state index contributed by atoms with van der Waals surface area (Å²) in [5.41, 5.74) is 1.48. The number of furan rings is 1. The summed E-state index contributed by atoms with van der Waals surface area (Å²) >= 11 is 0. The van der Waals surface area contributed by atoms with Crippen LogP contribution in [0.1, 0.15) is 40.7 Å². The van der Waals surface area contributed by atoms with E-state index in [4.69, 9.17) is 9.40 Å². The highest BCUT2D eigenvalue weighted by Crippen LogP contribution is 2.26. The summed E-state index contributed by atoms with van der Waals surface area (Å²) in [7, 11) is 0. The summed E-state index contributed by atoms with van der Waals surface area (Å²) in [5.74, 6) is 0.912. The highest BCUT2D eigenvalue weighted by Gasteiger charge is 2.28. The van der Waals surface area contributed by atoms with Crippen LogP contribution in [0, 0.1) is 0 Å². The van der Waals surface area contributed by atoms with Gasteiger partial charge in [-0.15, -0.1) is 5.10 Å². The molecule has 9 heteroatoms. The minimum Gasteiger partial charge on any atom is -0.459 e. The fraction of sp³-hybridized carbons (Fsp3) is 0.286. The van der Waals surface area contributed by atoms with Crippen molar-refractivity contribution in [3.63, 3.8) is 0 Å². The van der Waals surface area contributed by atoms with E-state index in [0.29, 0.717) is 49.7 Å². The van der Waals surface area contributed by atoms with Gasteiger partial charge in [0.2, 0.25) is 0 Å². The summed E-state index contributed by atoms with van der Waals surface area (Å²) in [6.45, 7) is 1.64. The van der Waals surface area contributed by atoms with Crippen molar-refractivity contribution in [1.29, 1.82) is 0 Å². The minimum absolute atomic E-state index is 0.0582. The molecule has 152 valence electrons. The molecule has 4 heterocycles. The van der Waals surface area contributed by atoms with Crippen molar-refractivity contribution in [3.05, 3.63) is 76.2 Å². The molecule has 0 atom stereocenters. The second-order valence-corrected chi connectivity index (χ2v) is 7.40. The first-order chi connectivity index (χ1) is 14.7. The molecule has 1 aliphatic heterocycles. The van der Waals surface area contributed by atoms with Crippen LogP contribution in [-0.4, -0.2) is 48.9 Å². The van der Waals surface area contributed by atoms with E-state index < -0.39 is 0 Å². The Morgan fingerprint density at radius 1 is 1.13 bits per heavy atom. The van der Waals surface area contributed by atoms with Gasteiger partial charge < -0.3 is 14.3 Å². The third kappa shape index (κ3) is 3.38. The van der Waals surface area contributed by atoms with Crippen LogP contribution in [0.2, 0.25) is 0 Å². The molecular formula is C21H20N6O3. The number of hydrogen-bond donors (Lipinski definition) is 1. The van der Waals surface area contributed by atoms with E-state index in [0.717, 1.165) is 5.56 Å². The first kappa shape index (κ1) is 18.3. The van der Waals surface area contributed by atoms with Crippen LogP contribution in [0.3, 0.4) is 0 Å². The first-order valence-electron chi connectivity index (χ1n) is 9.89. The predicted octanol–water partition coefficient (Wildman–Crippen LogP) is 2.18. The lowest BCUT2D eigenvalue weighted by Crippen LogP contribution is -2.38. The molecule has 1 saturated heterocycles. The van der Waals surface area contributed by atoms with Crippen LogP contribution in [0.25, 0.3) is 11.2 Å². The molecule has 5 rings (SSSR count). The van der Waals surface area contributed by atoms with Gasteiger partial charge in [-0.2, -0.15) is 0 Å². The van der Waals surface area contributed by atoms with Crippen molar-refractivity contribution in [2.75, 3.05) is 13.1 Å². The van der Waals surface area contributed by atoms with Crippen LogP contribution in [0.5, 0.6) is 0 Å². The summed E-state index contributed by atoms with van der Waals surface area (Å²) in [6.07, 6.45) is 2.92. The Balaban J connectivity index is 1.37. The number of hydrogen-bond acceptors (Lipinski definition) is 6. The molecule has 3 aromatic heterocycles. The summed E-state index contributed by atoms with van der Waals surface area (Å²) in [6, 6.07) is 13.2. The molecule has 0 spiro atoms. The number of H-pyrrole nitrogens is 1. The average molecular weight is 404 g/mol. The number of nitrogens with one attached hydrogen (secondary N) is 1. The maximum atomic E-state index is 12.5. The summed E-state index contributed by atoms with van der Waals surface area (Å²) < 4.78 is 6.86. The van der Waals surface area contributed by atoms with E-state index in [2.05, 4.69) is 15.3 Å². The Kier molecular flexibility index (Phi) is 4.62. The van der Waals surface area contributed by atoms with Crippen molar-refractivity contribution < 1.29 is 9.21 Å². The van der Waals surface area contributed by atoms with Crippen LogP contribution in [0.4, 0.5) is 0 Å². The number of fused-ring (bicyclic) bond motifs is 1. The molecule has 30 heavy (non-hydrogen) atoms. The topological polar surface area (TPSA) is 110 Å². The standard InChI is InChI=1S/C21H20N6O3/c28-20-17-19(27(25-24-17)13-14-5-2-1-3-6-14)22-18(23-20)15-8-10-26(11-9-15)21(29)16-7-4-12-30-16/h1-7,12,15H,8-11,13H2,(H,22,23,28). The number of carbonyl (C=O) groups is 1. The Hall–Kier alpha value is -3.75. The van der Waals surface area contributed by atoms with Crippen LogP contribution in [0.15, 0.2) is 57.9 Å². The van der Waals surface area contributed by atoms with Gasteiger partial charge in [-0.25, -0.2) is 9.67 Å². The first-order valence-corrected chi connectivity index (χ1v) is 9.89. The zero-order valence-corrected chi connectivity index (χ0v) is 16.2. The van der Waals surface area contributed by atoms with Crippen molar-refractivity contribution in [2.45, 2.75) is 25.3 Å². The Morgan fingerprint density at radius 3 is 2.67 bits per heavy atom. The van der Waals surface area contributed by atoms with Gasteiger partial charge in [-0.05, 0) is 30.5 Å². The van der Waals surface area contributed by atoms with Crippen molar-refractivity contribution >= 4 is 17.1 Å². The third-order valence-electron chi connectivity index (χ3n) is 5.47. The molecule has 0 saturated carbocycles. The lowest BCUT2D eigenvalue weighted by atomic mass is 9.95. The van der Waals surface area contributed by atoms with E-state index in [1.165, 1.54) is 6.26 Å². The number of rotatable bonds is 4. The van der Waals surface area contributed by atoms with E-state index in [-0.39, 0.29) is 22.9 Å². The Morgan fingerprint density at radius 2 is 1.93 bits per heavy atom. The molecule has 1 fully saturated rings. The molecule has 1 amide bonds. The zero-order valence-electron chi connectivity index (χ0n) is 16.2. The number of piperidine rings is 1. The molecule has 0 bridgehead atoms. The van der Waals surface area contributed by atoms with Crippen LogP contribution in [-0.2, 0) is 6.54 Å². The monoisotopic (exact) mass is 404 g/mol. The quantitative estimate of drug-likeness (QED) is 0.558. The number of benzene rings is 1. The molecule has 1 aromatic carbocycles. The Bertz CT molecular complexity index is 1220. The largest absolute Gasteiger partial charge is 0.459 e. The van der Waals surface area contributed by atoms with Crippen molar-refractivity contribution in [3.8, 4) is 0 Å². The maximum Gasteiger partial charge on any atom is 0.289 e. The average Bonchev–Trinajstić information content (AvgIpc) is 3.45. The SMILES string of the molecule is O=C(c1ccco1)N1CCC(c2nc3c(nnn3Cc3ccccc3)c(=O)[nH]2)CC1. The molecule has 1 aliphatic rings. The van der Waals surface area contributed by atoms with Gasteiger partial charge in [-0.3, -0.25) is 9.59 Å². The fourth-order valence-corrected chi connectivity index (χ4v) is 3.85. The molecule has 4 aromatic rings. The highest BCUT2D eigenvalue weighted by molar-refractivity contribution is 5.91. The fourth-order valence-electron chi connectivity index (χ4n) is 3.85. The summed E-state index contributed by atoms with van der Waals surface area (Å²) in [4.78, 5) is 34.3.